The second-order valence-corrected chi connectivity index (χ2v) is 5.50. The van der Waals surface area contributed by atoms with E-state index in [-0.39, 0.29) is 5.97 Å². The van der Waals surface area contributed by atoms with Gasteiger partial charge in [-0.2, -0.15) is 0 Å². The second kappa shape index (κ2) is 7.49. The first kappa shape index (κ1) is 16.2. The average Bonchev–Trinajstić information content (AvgIpc) is 2.26. The smallest absolute Gasteiger partial charge is 0.333 e. The molecular formula is C14H27NO2. The van der Waals surface area contributed by atoms with Gasteiger partial charge in [0.25, 0.3) is 0 Å². The largest absolute Gasteiger partial charge is 0.466 e. The highest BCUT2D eigenvalue weighted by Crippen LogP contribution is 2.24. The zero-order valence-corrected chi connectivity index (χ0v) is 12.1. The molecule has 0 saturated heterocycles. The summed E-state index contributed by atoms with van der Waals surface area (Å²) in [5.74, 6) is 0.372. The Morgan fingerprint density at radius 1 is 1.41 bits per heavy atom. The Balaban J connectivity index is 4.05. The molecule has 0 aromatic heterocycles. The molecule has 0 amide bonds. The summed E-state index contributed by atoms with van der Waals surface area (Å²) in [7, 11) is 1.42. The van der Waals surface area contributed by atoms with Gasteiger partial charge in [-0.25, -0.2) is 4.79 Å². The van der Waals surface area contributed by atoms with E-state index >= 15 is 0 Å². The van der Waals surface area contributed by atoms with Gasteiger partial charge in [-0.15, -0.1) is 0 Å². The van der Waals surface area contributed by atoms with E-state index in [2.05, 4.69) is 33.0 Å². The molecule has 3 nitrogen and oxygen atoms in total. The van der Waals surface area contributed by atoms with Gasteiger partial charge in [0.1, 0.15) is 0 Å². The van der Waals surface area contributed by atoms with Gasteiger partial charge < -0.3 is 10.1 Å². The average molecular weight is 241 g/mol. The van der Waals surface area contributed by atoms with E-state index in [1.54, 1.807) is 0 Å². The van der Waals surface area contributed by atoms with E-state index < -0.39 is 0 Å². The van der Waals surface area contributed by atoms with Crippen molar-refractivity contribution in [3.63, 3.8) is 0 Å². The van der Waals surface area contributed by atoms with E-state index in [9.17, 15) is 4.79 Å². The molecule has 0 aliphatic rings. The van der Waals surface area contributed by atoms with E-state index in [1.165, 1.54) is 7.11 Å². The summed E-state index contributed by atoms with van der Waals surface area (Å²) >= 11 is 0. The lowest BCUT2D eigenvalue weighted by Crippen LogP contribution is -2.30. The van der Waals surface area contributed by atoms with Crippen molar-refractivity contribution in [2.24, 2.45) is 11.3 Å². The van der Waals surface area contributed by atoms with Crippen molar-refractivity contribution < 1.29 is 9.53 Å². The summed E-state index contributed by atoms with van der Waals surface area (Å²) in [6.45, 7) is 12.6. The quantitative estimate of drug-likeness (QED) is 0.441. The lowest BCUT2D eigenvalue weighted by Gasteiger charge is -2.27. The molecule has 0 aliphatic heterocycles. The van der Waals surface area contributed by atoms with E-state index in [4.69, 9.17) is 4.74 Å². The molecule has 1 N–H and O–H groups in total. The van der Waals surface area contributed by atoms with Crippen LogP contribution < -0.4 is 5.32 Å². The van der Waals surface area contributed by atoms with Crippen LogP contribution >= 0.6 is 0 Å². The molecule has 0 heterocycles. The molecule has 0 aromatic rings. The fraction of sp³-hybridized carbons (Fsp3) is 0.786. The van der Waals surface area contributed by atoms with Crippen molar-refractivity contribution in [1.82, 2.24) is 5.32 Å². The highest BCUT2D eigenvalue weighted by Gasteiger charge is 2.18. The lowest BCUT2D eigenvalue weighted by molar-refractivity contribution is -0.136. The van der Waals surface area contributed by atoms with Crippen LogP contribution in [0.5, 0.6) is 0 Å². The predicted molar refractivity (Wildman–Crippen MR) is 71.9 cm³/mol. The fourth-order valence-corrected chi connectivity index (χ4v) is 1.30. The van der Waals surface area contributed by atoms with Crippen LogP contribution in [-0.4, -0.2) is 26.2 Å². The van der Waals surface area contributed by atoms with Gasteiger partial charge in [0, 0.05) is 12.1 Å². The van der Waals surface area contributed by atoms with Crippen LogP contribution in [0.3, 0.4) is 0 Å². The molecule has 0 radical (unpaired) electrons. The number of nitrogens with one attached hydrogen (secondary N) is 1. The van der Waals surface area contributed by atoms with Gasteiger partial charge in [0.15, 0.2) is 0 Å². The van der Waals surface area contributed by atoms with Gasteiger partial charge in [-0.05, 0) is 24.3 Å². The zero-order valence-electron chi connectivity index (χ0n) is 12.1. The molecule has 17 heavy (non-hydrogen) atoms. The third kappa shape index (κ3) is 6.47. The molecule has 0 fully saturated rings. The Kier molecular flexibility index (Phi) is 7.12. The van der Waals surface area contributed by atoms with Crippen molar-refractivity contribution in [3.05, 3.63) is 11.6 Å². The molecular weight excluding hydrogens is 214 g/mol. The number of methoxy groups -OCH3 is 1. The Bertz CT molecular complexity index is 264. The van der Waals surface area contributed by atoms with Crippen LogP contribution in [0.15, 0.2) is 11.6 Å². The van der Waals surface area contributed by atoms with Crippen molar-refractivity contribution in [2.45, 2.75) is 41.0 Å². The minimum atomic E-state index is -0.224. The summed E-state index contributed by atoms with van der Waals surface area (Å²) in [6.07, 6.45) is 2.63. The molecule has 0 aliphatic carbocycles. The Labute approximate surface area is 106 Å². The SMILES string of the molecule is CCC(=CCNCC(C)C(C)(C)C)C(=O)OC. The van der Waals surface area contributed by atoms with Crippen molar-refractivity contribution in [3.8, 4) is 0 Å². The van der Waals surface area contributed by atoms with Crippen LogP contribution in [0.4, 0.5) is 0 Å². The summed E-state index contributed by atoms with van der Waals surface area (Å²) in [5, 5.41) is 3.35. The number of hydrogen-bond acceptors (Lipinski definition) is 3. The van der Waals surface area contributed by atoms with Crippen molar-refractivity contribution >= 4 is 5.97 Å². The summed E-state index contributed by atoms with van der Waals surface area (Å²) in [5.41, 5.74) is 1.05. The molecule has 0 aromatic carbocycles. The van der Waals surface area contributed by atoms with Gasteiger partial charge in [-0.1, -0.05) is 40.7 Å². The number of rotatable bonds is 6. The maximum absolute atomic E-state index is 11.3. The maximum Gasteiger partial charge on any atom is 0.333 e. The standard InChI is InChI=1S/C14H27NO2/c1-7-12(13(16)17-6)8-9-15-10-11(2)14(3,4)5/h8,11,15H,7,9-10H2,1-6H3. The van der Waals surface area contributed by atoms with E-state index in [0.717, 1.165) is 18.7 Å². The monoisotopic (exact) mass is 241 g/mol. The zero-order chi connectivity index (χ0) is 13.5. The number of esters is 1. The molecule has 1 atom stereocenters. The maximum atomic E-state index is 11.3. The minimum Gasteiger partial charge on any atom is -0.466 e. The van der Waals surface area contributed by atoms with Crippen molar-refractivity contribution in [1.29, 1.82) is 0 Å². The summed E-state index contributed by atoms with van der Waals surface area (Å²) in [4.78, 5) is 11.3. The van der Waals surface area contributed by atoms with Crippen LogP contribution in [0.2, 0.25) is 0 Å². The number of carbonyl (C=O) groups is 1. The van der Waals surface area contributed by atoms with Crippen LogP contribution in [0, 0.1) is 11.3 Å². The number of hydrogen-bond donors (Lipinski definition) is 1. The normalized spacial score (nSPS) is 14.6. The Hall–Kier alpha value is -0.830. The fourth-order valence-electron chi connectivity index (χ4n) is 1.30. The molecule has 0 rings (SSSR count). The van der Waals surface area contributed by atoms with E-state index in [1.807, 2.05) is 13.0 Å². The lowest BCUT2D eigenvalue weighted by atomic mass is 9.82. The molecule has 100 valence electrons. The molecule has 3 heteroatoms. The van der Waals surface area contributed by atoms with Crippen LogP contribution in [0.25, 0.3) is 0 Å². The molecule has 0 spiro atoms. The van der Waals surface area contributed by atoms with Crippen LogP contribution in [0.1, 0.15) is 41.0 Å². The summed E-state index contributed by atoms with van der Waals surface area (Å²) in [6, 6.07) is 0. The first-order valence-electron chi connectivity index (χ1n) is 6.31. The topological polar surface area (TPSA) is 38.3 Å². The third-order valence-corrected chi connectivity index (χ3v) is 3.25. The first-order valence-corrected chi connectivity index (χ1v) is 6.31. The van der Waals surface area contributed by atoms with Gasteiger partial charge in [-0.3, -0.25) is 0 Å². The predicted octanol–water partition coefficient (Wildman–Crippen LogP) is 2.77. The minimum absolute atomic E-state index is 0.224. The highest BCUT2D eigenvalue weighted by molar-refractivity contribution is 5.88. The van der Waals surface area contributed by atoms with Gasteiger partial charge in [0.2, 0.25) is 0 Å². The highest BCUT2D eigenvalue weighted by atomic mass is 16.5. The molecule has 0 bridgehead atoms. The number of carbonyl (C=O) groups excluding carboxylic acids is 1. The van der Waals surface area contributed by atoms with Gasteiger partial charge in [0.05, 0.1) is 7.11 Å². The van der Waals surface area contributed by atoms with E-state index in [0.29, 0.717) is 17.8 Å². The molecule has 0 saturated carbocycles. The molecule has 1 unspecified atom stereocenters. The van der Waals surface area contributed by atoms with Gasteiger partial charge >= 0.3 is 5.97 Å². The van der Waals surface area contributed by atoms with Crippen molar-refractivity contribution in [2.75, 3.05) is 20.2 Å². The first-order chi connectivity index (χ1) is 7.82. The third-order valence-electron chi connectivity index (χ3n) is 3.25. The summed E-state index contributed by atoms with van der Waals surface area (Å²) < 4.78 is 4.70. The Morgan fingerprint density at radius 2 is 2.00 bits per heavy atom. The van der Waals surface area contributed by atoms with Crippen LogP contribution in [-0.2, 0) is 9.53 Å². The Morgan fingerprint density at radius 3 is 2.41 bits per heavy atom. The second-order valence-electron chi connectivity index (χ2n) is 5.50. The number of ether oxygens (including phenoxy) is 1.